The summed E-state index contributed by atoms with van der Waals surface area (Å²) in [5, 5.41) is 0. The molecule has 0 radical (unpaired) electrons. The number of carbonyl (C=O) groups is 2. The van der Waals surface area contributed by atoms with Crippen molar-refractivity contribution in [3.8, 4) is 0 Å². The van der Waals surface area contributed by atoms with Crippen LogP contribution in [0.4, 0.5) is 0 Å². The van der Waals surface area contributed by atoms with Crippen LogP contribution in [0.2, 0.25) is 0 Å². The maximum atomic E-state index is 13.4. The minimum Gasteiger partial charge on any atom is -0.299 e. The van der Waals surface area contributed by atoms with Gasteiger partial charge >= 0.3 is 0 Å². The molecular formula is C26H26O2. The molecule has 2 unspecified atom stereocenters. The summed E-state index contributed by atoms with van der Waals surface area (Å²) < 4.78 is 0. The van der Waals surface area contributed by atoms with E-state index in [1.807, 2.05) is 60.7 Å². The van der Waals surface area contributed by atoms with E-state index in [1.54, 1.807) is 6.92 Å². The first-order valence-electron chi connectivity index (χ1n) is 9.73. The number of carbonyl (C=O) groups excluding carboxylic acids is 2. The summed E-state index contributed by atoms with van der Waals surface area (Å²) in [6, 6.07) is 27.8. The molecule has 0 saturated carbocycles. The molecule has 0 amide bonds. The van der Waals surface area contributed by atoms with Crippen molar-refractivity contribution in [2.24, 2.45) is 0 Å². The van der Waals surface area contributed by atoms with E-state index in [2.05, 4.69) is 31.2 Å². The van der Waals surface area contributed by atoms with Gasteiger partial charge in [-0.3, -0.25) is 9.59 Å². The first-order valence-corrected chi connectivity index (χ1v) is 9.73. The Morgan fingerprint density at radius 1 is 0.714 bits per heavy atom. The smallest absolute Gasteiger partial charge is 0.141 e. The number of hydrogen-bond donors (Lipinski definition) is 0. The summed E-state index contributed by atoms with van der Waals surface area (Å²) in [4.78, 5) is 25.6. The van der Waals surface area contributed by atoms with Crippen molar-refractivity contribution in [1.82, 2.24) is 0 Å². The molecule has 2 nitrogen and oxygen atoms in total. The fourth-order valence-corrected chi connectivity index (χ4v) is 3.59. The molecule has 0 bridgehead atoms. The highest BCUT2D eigenvalue weighted by atomic mass is 16.1. The van der Waals surface area contributed by atoms with Crippen LogP contribution in [0.1, 0.15) is 47.4 Å². The molecule has 0 fully saturated rings. The van der Waals surface area contributed by atoms with Gasteiger partial charge in [0.15, 0.2) is 0 Å². The van der Waals surface area contributed by atoms with E-state index < -0.39 is 5.92 Å². The van der Waals surface area contributed by atoms with Gasteiger partial charge in [-0.25, -0.2) is 0 Å². The molecule has 3 rings (SSSR count). The predicted octanol–water partition coefficient (Wildman–Crippen LogP) is 5.65. The molecule has 0 heterocycles. The number of hydrogen-bond acceptors (Lipinski definition) is 2. The predicted molar refractivity (Wildman–Crippen MR) is 114 cm³/mol. The van der Waals surface area contributed by atoms with Gasteiger partial charge in [0.2, 0.25) is 0 Å². The number of aryl methyl sites for hydroxylation is 1. The molecular weight excluding hydrogens is 344 g/mol. The van der Waals surface area contributed by atoms with Crippen molar-refractivity contribution in [1.29, 1.82) is 0 Å². The lowest BCUT2D eigenvalue weighted by Gasteiger charge is -2.20. The summed E-state index contributed by atoms with van der Waals surface area (Å²) in [6.07, 6.45) is 0.868. The van der Waals surface area contributed by atoms with Crippen LogP contribution in [-0.2, 0) is 16.0 Å². The zero-order chi connectivity index (χ0) is 19.9. The van der Waals surface area contributed by atoms with Crippen LogP contribution < -0.4 is 0 Å². The van der Waals surface area contributed by atoms with E-state index in [0.29, 0.717) is 6.42 Å². The number of ketones is 2. The lowest BCUT2D eigenvalue weighted by molar-refractivity contribution is -0.125. The fraction of sp³-hybridized carbons (Fsp3) is 0.231. The average Bonchev–Trinajstić information content (AvgIpc) is 2.72. The molecule has 0 N–H and O–H groups in total. The first-order chi connectivity index (χ1) is 13.5. The number of rotatable bonds is 8. The Kier molecular flexibility index (Phi) is 6.54. The van der Waals surface area contributed by atoms with Gasteiger partial charge in [-0.1, -0.05) is 90.5 Å². The number of Topliss-reactive ketones (excluding diaryl/α,β-unsaturated/α-hetero) is 2. The summed E-state index contributed by atoms with van der Waals surface area (Å²) in [6.45, 7) is 3.63. The van der Waals surface area contributed by atoms with Crippen molar-refractivity contribution in [3.05, 3.63) is 107 Å². The van der Waals surface area contributed by atoms with Crippen LogP contribution in [0.5, 0.6) is 0 Å². The number of benzene rings is 3. The molecule has 3 aromatic rings. The molecule has 2 heteroatoms. The van der Waals surface area contributed by atoms with E-state index in [9.17, 15) is 9.59 Å². The molecule has 0 saturated heterocycles. The van der Waals surface area contributed by atoms with Gasteiger partial charge in [0, 0.05) is 18.3 Å². The third kappa shape index (κ3) is 5.04. The van der Waals surface area contributed by atoms with Gasteiger partial charge in [-0.15, -0.1) is 0 Å². The summed E-state index contributed by atoms with van der Waals surface area (Å²) >= 11 is 0. The Bertz CT molecular complexity index is 912. The van der Waals surface area contributed by atoms with Crippen LogP contribution in [0, 0.1) is 6.92 Å². The molecule has 142 valence electrons. The fourth-order valence-electron chi connectivity index (χ4n) is 3.59. The van der Waals surface area contributed by atoms with Crippen LogP contribution in [0.15, 0.2) is 84.9 Å². The third-order valence-corrected chi connectivity index (χ3v) is 5.25. The average molecular weight is 370 g/mol. The van der Waals surface area contributed by atoms with E-state index in [1.165, 1.54) is 5.56 Å². The van der Waals surface area contributed by atoms with Gasteiger partial charge in [0.05, 0.1) is 0 Å². The zero-order valence-electron chi connectivity index (χ0n) is 16.5. The lowest BCUT2D eigenvalue weighted by atomic mass is 9.82. The molecule has 0 spiro atoms. The second-order valence-corrected chi connectivity index (χ2v) is 7.40. The van der Waals surface area contributed by atoms with Crippen LogP contribution in [-0.4, -0.2) is 11.6 Å². The van der Waals surface area contributed by atoms with E-state index in [0.717, 1.165) is 16.7 Å². The summed E-state index contributed by atoms with van der Waals surface area (Å²) in [5.41, 5.74) is 4.24. The minimum absolute atomic E-state index is 0.0293. The van der Waals surface area contributed by atoms with Crippen molar-refractivity contribution < 1.29 is 9.59 Å². The zero-order valence-corrected chi connectivity index (χ0v) is 16.5. The summed E-state index contributed by atoms with van der Waals surface area (Å²) in [7, 11) is 0. The monoisotopic (exact) mass is 370 g/mol. The first kappa shape index (κ1) is 19.8. The van der Waals surface area contributed by atoms with E-state index in [4.69, 9.17) is 0 Å². The largest absolute Gasteiger partial charge is 0.299 e. The topological polar surface area (TPSA) is 34.1 Å². The molecule has 0 aromatic heterocycles. The second-order valence-electron chi connectivity index (χ2n) is 7.40. The molecule has 3 aromatic carbocycles. The Morgan fingerprint density at radius 3 is 1.71 bits per heavy atom. The van der Waals surface area contributed by atoms with Gasteiger partial charge in [-0.2, -0.15) is 0 Å². The maximum Gasteiger partial charge on any atom is 0.141 e. The highest BCUT2D eigenvalue weighted by Crippen LogP contribution is 2.29. The quantitative estimate of drug-likeness (QED) is 0.513. The summed E-state index contributed by atoms with van der Waals surface area (Å²) in [5.74, 6) is -0.509. The Balaban J connectivity index is 1.87. The molecule has 0 aliphatic carbocycles. The Labute approximate surface area is 167 Å². The highest BCUT2D eigenvalue weighted by Gasteiger charge is 2.27. The normalized spacial score (nSPS) is 12.9. The SMILES string of the molecule is CC(=O)C(CC(=O)C(Cc1ccc(C)cc1)c1ccccc1)c1ccccc1. The molecule has 0 aliphatic rings. The van der Waals surface area contributed by atoms with Gasteiger partial charge < -0.3 is 0 Å². The maximum absolute atomic E-state index is 13.4. The Hall–Kier alpha value is -3.00. The molecule has 28 heavy (non-hydrogen) atoms. The van der Waals surface area contributed by atoms with Gasteiger partial charge in [-0.05, 0) is 37.0 Å². The van der Waals surface area contributed by atoms with Gasteiger partial charge in [0.1, 0.15) is 11.6 Å². The van der Waals surface area contributed by atoms with Crippen molar-refractivity contribution >= 4 is 11.6 Å². The van der Waals surface area contributed by atoms with Crippen molar-refractivity contribution in [3.63, 3.8) is 0 Å². The lowest BCUT2D eigenvalue weighted by Crippen LogP contribution is -2.21. The van der Waals surface area contributed by atoms with Gasteiger partial charge in [0.25, 0.3) is 0 Å². The van der Waals surface area contributed by atoms with Crippen molar-refractivity contribution in [2.45, 2.75) is 38.5 Å². The van der Waals surface area contributed by atoms with Crippen LogP contribution in [0.3, 0.4) is 0 Å². The van der Waals surface area contributed by atoms with E-state index in [-0.39, 0.29) is 23.9 Å². The van der Waals surface area contributed by atoms with Crippen LogP contribution >= 0.6 is 0 Å². The third-order valence-electron chi connectivity index (χ3n) is 5.25. The van der Waals surface area contributed by atoms with E-state index >= 15 is 0 Å². The highest BCUT2D eigenvalue weighted by molar-refractivity contribution is 5.93. The molecule has 2 atom stereocenters. The Morgan fingerprint density at radius 2 is 1.21 bits per heavy atom. The van der Waals surface area contributed by atoms with Crippen molar-refractivity contribution in [2.75, 3.05) is 0 Å². The standard InChI is InChI=1S/C26H26O2/c1-19-13-15-21(16-14-19)17-25(23-11-7-4-8-12-23)26(28)18-24(20(2)27)22-9-5-3-6-10-22/h3-16,24-25H,17-18H2,1-2H3. The van der Waals surface area contributed by atoms with Crippen LogP contribution in [0.25, 0.3) is 0 Å². The molecule has 0 aliphatic heterocycles. The minimum atomic E-state index is -0.391. The second kappa shape index (κ2) is 9.27.